The summed E-state index contributed by atoms with van der Waals surface area (Å²) in [5.74, 6) is 0.443. The van der Waals surface area contributed by atoms with Crippen molar-refractivity contribution in [3.63, 3.8) is 0 Å². The maximum absolute atomic E-state index is 14.0. The number of piperazine rings is 1. The van der Waals surface area contributed by atoms with Gasteiger partial charge in [0.2, 0.25) is 15.9 Å². The Bertz CT molecular complexity index is 906. The molecule has 1 aliphatic heterocycles. The summed E-state index contributed by atoms with van der Waals surface area (Å²) < 4.78 is 54.2. The van der Waals surface area contributed by atoms with Crippen molar-refractivity contribution in [1.29, 1.82) is 0 Å². The van der Waals surface area contributed by atoms with Crippen LogP contribution in [0.25, 0.3) is 0 Å². The van der Waals surface area contributed by atoms with Crippen LogP contribution in [0.15, 0.2) is 23.1 Å². The molecule has 5 nitrogen and oxygen atoms in total. The molecule has 4 saturated carbocycles. The van der Waals surface area contributed by atoms with E-state index in [1.54, 1.807) is 4.90 Å². The van der Waals surface area contributed by atoms with E-state index in [2.05, 4.69) is 0 Å². The van der Waals surface area contributed by atoms with Crippen molar-refractivity contribution in [3.05, 3.63) is 29.8 Å². The normalized spacial score (nSPS) is 34.6. The zero-order valence-corrected chi connectivity index (χ0v) is 17.1. The van der Waals surface area contributed by atoms with E-state index in [1.807, 2.05) is 0 Å². The number of halogens is 2. The lowest BCUT2D eigenvalue weighted by Gasteiger charge is -2.57. The van der Waals surface area contributed by atoms with E-state index < -0.39 is 26.6 Å². The minimum Gasteiger partial charge on any atom is -0.340 e. The molecular weight excluding hydrogens is 398 g/mol. The molecule has 4 aliphatic carbocycles. The molecule has 29 heavy (non-hydrogen) atoms. The monoisotopic (exact) mass is 424 g/mol. The molecule has 1 aromatic rings. The number of benzene rings is 1. The van der Waals surface area contributed by atoms with Gasteiger partial charge in [-0.2, -0.15) is 4.31 Å². The van der Waals surface area contributed by atoms with Crippen molar-refractivity contribution >= 4 is 15.9 Å². The number of hydrogen-bond acceptors (Lipinski definition) is 3. The standard InChI is InChI=1S/C21H26F2N2O3S/c22-17-1-2-18(23)19(10-17)29(27,28)25-5-3-24(4-6-25)20(26)21-11-14-7-15(12-21)9-16(8-14)13-21/h1-2,10,14-16H,3-9,11-13H2. The third-order valence-electron chi connectivity index (χ3n) is 7.53. The molecule has 1 heterocycles. The van der Waals surface area contributed by atoms with E-state index >= 15 is 0 Å². The van der Waals surface area contributed by atoms with Gasteiger partial charge >= 0.3 is 0 Å². The molecule has 158 valence electrons. The predicted molar refractivity (Wildman–Crippen MR) is 102 cm³/mol. The van der Waals surface area contributed by atoms with E-state index in [9.17, 15) is 22.0 Å². The zero-order chi connectivity index (χ0) is 20.4. The van der Waals surface area contributed by atoms with Crippen LogP contribution in [0.5, 0.6) is 0 Å². The van der Waals surface area contributed by atoms with Gasteiger partial charge in [0.15, 0.2) is 0 Å². The van der Waals surface area contributed by atoms with E-state index in [0.29, 0.717) is 30.8 Å². The summed E-state index contributed by atoms with van der Waals surface area (Å²) in [6.45, 7) is 0.820. The van der Waals surface area contributed by atoms with Gasteiger partial charge in [0.1, 0.15) is 16.5 Å². The van der Waals surface area contributed by atoms with Crippen LogP contribution in [0.3, 0.4) is 0 Å². The molecule has 4 bridgehead atoms. The largest absolute Gasteiger partial charge is 0.340 e. The van der Waals surface area contributed by atoms with Gasteiger partial charge in [-0.15, -0.1) is 0 Å². The second-order valence-corrected chi connectivity index (χ2v) is 11.4. The average molecular weight is 425 g/mol. The van der Waals surface area contributed by atoms with E-state index in [4.69, 9.17) is 0 Å². The molecule has 1 amide bonds. The number of hydrogen-bond donors (Lipinski definition) is 0. The maximum Gasteiger partial charge on any atom is 0.246 e. The molecule has 0 aromatic heterocycles. The van der Waals surface area contributed by atoms with Gasteiger partial charge in [-0.25, -0.2) is 17.2 Å². The van der Waals surface area contributed by atoms with Crippen molar-refractivity contribution in [1.82, 2.24) is 9.21 Å². The number of nitrogens with zero attached hydrogens (tertiary/aromatic N) is 2. The second-order valence-electron chi connectivity index (χ2n) is 9.47. The molecular formula is C21H26F2N2O3S. The lowest BCUT2D eigenvalue weighted by Crippen LogP contribution is -2.58. The highest BCUT2D eigenvalue weighted by Gasteiger charge is 2.55. The third-order valence-corrected chi connectivity index (χ3v) is 9.44. The van der Waals surface area contributed by atoms with Gasteiger partial charge < -0.3 is 4.90 Å². The Balaban J connectivity index is 1.29. The Morgan fingerprint density at radius 1 is 0.931 bits per heavy atom. The van der Waals surface area contributed by atoms with Gasteiger partial charge in [-0.3, -0.25) is 4.79 Å². The summed E-state index contributed by atoms with van der Waals surface area (Å²) in [5, 5.41) is 0. The molecule has 0 unspecified atom stereocenters. The fourth-order valence-electron chi connectivity index (χ4n) is 6.65. The Hall–Kier alpha value is -1.54. The fourth-order valence-corrected chi connectivity index (χ4v) is 8.15. The topological polar surface area (TPSA) is 57.7 Å². The highest BCUT2D eigenvalue weighted by Crippen LogP contribution is 2.60. The van der Waals surface area contributed by atoms with Gasteiger partial charge in [-0.05, 0) is 74.5 Å². The first kappa shape index (κ1) is 19.4. The Morgan fingerprint density at radius 2 is 1.48 bits per heavy atom. The van der Waals surface area contributed by atoms with Crippen molar-refractivity contribution in [2.75, 3.05) is 26.2 Å². The average Bonchev–Trinajstić information content (AvgIpc) is 2.68. The first-order valence-electron chi connectivity index (χ1n) is 10.5. The van der Waals surface area contributed by atoms with Gasteiger partial charge in [0, 0.05) is 26.2 Å². The number of rotatable bonds is 3. The van der Waals surface area contributed by atoms with Gasteiger partial charge in [0.05, 0.1) is 5.41 Å². The van der Waals surface area contributed by atoms with Crippen molar-refractivity contribution < 1.29 is 22.0 Å². The van der Waals surface area contributed by atoms with Crippen LogP contribution in [0, 0.1) is 34.8 Å². The Kier molecular flexibility index (Phi) is 4.51. The van der Waals surface area contributed by atoms with Gasteiger partial charge in [-0.1, -0.05) is 0 Å². The number of sulfonamides is 1. The molecule has 0 radical (unpaired) electrons. The minimum atomic E-state index is -4.13. The van der Waals surface area contributed by atoms with Crippen molar-refractivity contribution in [2.24, 2.45) is 23.2 Å². The van der Waals surface area contributed by atoms with Gasteiger partial charge in [0.25, 0.3) is 0 Å². The number of carbonyl (C=O) groups excluding carboxylic acids is 1. The predicted octanol–water partition coefficient (Wildman–Crippen LogP) is 3.01. The van der Waals surface area contributed by atoms with Crippen LogP contribution in [0.4, 0.5) is 8.78 Å². The highest BCUT2D eigenvalue weighted by atomic mass is 32.2. The molecule has 1 saturated heterocycles. The smallest absolute Gasteiger partial charge is 0.246 e. The summed E-state index contributed by atoms with van der Waals surface area (Å²) in [7, 11) is -4.13. The SMILES string of the molecule is O=C(N1CCN(S(=O)(=O)c2cc(F)ccc2F)CC1)C12CC3CC(CC(C3)C1)C2. The van der Waals surface area contributed by atoms with Crippen LogP contribution in [0.2, 0.25) is 0 Å². The molecule has 5 aliphatic rings. The molecule has 6 rings (SSSR count). The van der Waals surface area contributed by atoms with E-state index in [0.717, 1.165) is 41.8 Å². The maximum atomic E-state index is 14.0. The molecule has 1 aromatic carbocycles. The lowest BCUT2D eigenvalue weighted by molar-refractivity contribution is -0.158. The lowest BCUT2D eigenvalue weighted by atomic mass is 9.49. The van der Waals surface area contributed by atoms with Crippen LogP contribution >= 0.6 is 0 Å². The van der Waals surface area contributed by atoms with E-state index in [-0.39, 0.29) is 24.4 Å². The van der Waals surface area contributed by atoms with E-state index in [1.165, 1.54) is 19.3 Å². The third kappa shape index (κ3) is 3.19. The van der Waals surface area contributed by atoms with Crippen LogP contribution < -0.4 is 0 Å². The summed E-state index contributed by atoms with van der Waals surface area (Å²) in [6, 6.07) is 2.45. The summed E-state index contributed by atoms with van der Waals surface area (Å²) >= 11 is 0. The summed E-state index contributed by atoms with van der Waals surface area (Å²) in [6.07, 6.45) is 6.72. The molecule has 5 fully saturated rings. The molecule has 0 N–H and O–H groups in total. The van der Waals surface area contributed by atoms with Crippen molar-refractivity contribution in [2.45, 2.75) is 43.4 Å². The minimum absolute atomic E-state index is 0.108. The van der Waals surface area contributed by atoms with Crippen LogP contribution in [-0.4, -0.2) is 49.7 Å². The fraction of sp³-hybridized carbons (Fsp3) is 0.667. The zero-order valence-electron chi connectivity index (χ0n) is 16.3. The molecule has 8 heteroatoms. The Labute approximate surface area is 170 Å². The summed E-state index contributed by atoms with van der Waals surface area (Å²) in [5.41, 5.74) is -0.246. The number of amides is 1. The summed E-state index contributed by atoms with van der Waals surface area (Å²) in [4.78, 5) is 14.6. The first-order valence-corrected chi connectivity index (χ1v) is 12.0. The quantitative estimate of drug-likeness (QED) is 0.750. The highest BCUT2D eigenvalue weighted by molar-refractivity contribution is 7.89. The Morgan fingerprint density at radius 3 is 2.03 bits per heavy atom. The number of carbonyl (C=O) groups is 1. The molecule has 0 spiro atoms. The van der Waals surface area contributed by atoms with Crippen LogP contribution in [-0.2, 0) is 14.8 Å². The second kappa shape index (κ2) is 6.74. The first-order chi connectivity index (χ1) is 13.8. The molecule has 0 atom stereocenters. The van der Waals surface area contributed by atoms with Crippen molar-refractivity contribution in [3.8, 4) is 0 Å². The van der Waals surface area contributed by atoms with Crippen LogP contribution in [0.1, 0.15) is 38.5 Å².